The van der Waals surface area contributed by atoms with E-state index >= 15 is 0 Å². The third kappa shape index (κ3) is 2.30. The normalized spacial score (nSPS) is 21.2. The summed E-state index contributed by atoms with van der Waals surface area (Å²) in [5.41, 5.74) is 4.31. The van der Waals surface area contributed by atoms with Crippen molar-refractivity contribution in [2.45, 2.75) is 43.7 Å². The van der Waals surface area contributed by atoms with Gasteiger partial charge in [-0.15, -0.1) is 0 Å². The summed E-state index contributed by atoms with van der Waals surface area (Å²) in [6, 6.07) is 0.140. The first-order valence-electron chi connectivity index (χ1n) is 6.72. The molecule has 1 fully saturated rings. The molecule has 1 atom stereocenters. The molecule has 1 aliphatic rings. The summed E-state index contributed by atoms with van der Waals surface area (Å²) in [4.78, 5) is 2.34. The van der Waals surface area contributed by atoms with Gasteiger partial charge in [0.1, 0.15) is 0 Å². The minimum Gasteiger partial charge on any atom is -0.302 e. The molecule has 1 heterocycles. The van der Waals surface area contributed by atoms with E-state index < -0.39 is 0 Å². The van der Waals surface area contributed by atoms with E-state index in [0.717, 1.165) is 0 Å². The third-order valence-corrected chi connectivity index (χ3v) is 4.37. The molecular formula is C13H25N5. The zero-order valence-electron chi connectivity index (χ0n) is 11.7. The highest BCUT2D eigenvalue weighted by molar-refractivity contribution is 5.18. The van der Waals surface area contributed by atoms with E-state index in [-0.39, 0.29) is 11.6 Å². The molecule has 1 unspecified atom stereocenters. The van der Waals surface area contributed by atoms with Crippen LogP contribution in [0.2, 0.25) is 0 Å². The van der Waals surface area contributed by atoms with Crippen molar-refractivity contribution in [3.63, 3.8) is 0 Å². The maximum absolute atomic E-state index is 5.85. The number of hydrogen-bond donors (Lipinski definition) is 2. The van der Waals surface area contributed by atoms with Gasteiger partial charge in [0.05, 0.1) is 12.2 Å². The van der Waals surface area contributed by atoms with Crippen molar-refractivity contribution in [2.24, 2.45) is 12.9 Å². The van der Waals surface area contributed by atoms with E-state index in [4.69, 9.17) is 5.84 Å². The predicted octanol–water partition coefficient (Wildman–Crippen LogP) is 1.19. The molecule has 1 saturated carbocycles. The number of nitrogens with two attached hydrogens (primary N) is 1. The molecule has 3 N–H and O–H groups in total. The van der Waals surface area contributed by atoms with Gasteiger partial charge in [-0.1, -0.05) is 19.3 Å². The Labute approximate surface area is 109 Å². The molecule has 0 radical (unpaired) electrons. The Morgan fingerprint density at radius 2 is 2.06 bits per heavy atom. The average molecular weight is 251 g/mol. The van der Waals surface area contributed by atoms with E-state index in [1.165, 1.54) is 37.7 Å². The molecule has 5 heteroatoms. The summed E-state index contributed by atoms with van der Waals surface area (Å²) in [6.45, 7) is 0. The highest BCUT2D eigenvalue weighted by atomic mass is 15.3. The topological polar surface area (TPSA) is 59.1 Å². The van der Waals surface area contributed by atoms with Crippen LogP contribution in [0, 0.1) is 0 Å². The number of rotatable bonds is 4. The number of aryl methyl sites for hydroxylation is 1. The first kappa shape index (κ1) is 13.5. The maximum atomic E-state index is 5.85. The first-order valence-corrected chi connectivity index (χ1v) is 6.72. The summed E-state index contributed by atoms with van der Waals surface area (Å²) in [7, 11) is 6.26. The second-order valence-electron chi connectivity index (χ2n) is 5.61. The Morgan fingerprint density at radius 1 is 1.39 bits per heavy atom. The lowest BCUT2D eigenvalue weighted by molar-refractivity contribution is 0.0564. The molecule has 102 valence electrons. The van der Waals surface area contributed by atoms with Gasteiger partial charge in [-0.25, -0.2) is 0 Å². The Hall–Kier alpha value is -0.910. The van der Waals surface area contributed by atoms with Crippen molar-refractivity contribution in [3.8, 4) is 0 Å². The van der Waals surface area contributed by atoms with Crippen LogP contribution in [0.4, 0.5) is 0 Å². The van der Waals surface area contributed by atoms with Crippen molar-refractivity contribution in [2.75, 3.05) is 14.1 Å². The molecule has 1 aromatic rings. The van der Waals surface area contributed by atoms with Crippen molar-refractivity contribution in [1.29, 1.82) is 0 Å². The minimum absolute atomic E-state index is 0.107. The second-order valence-corrected chi connectivity index (χ2v) is 5.61. The largest absolute Gasteiger partial charge is 0.302 e. The molecule has 0 bridgehead atoms. The highest BCUT2D eigenvalue weighted by Crippen LogP contribution is 2.41. The molecule has 0 saturated heterocycles. The fourth-order valence-electron chi connectivity index (χ4n) is 3.31. The van der Waals surface area contributed by atoms with Crippen molar-refractivity contribution in [1.82, 2.24) is 20.1 Å². The van der Waals surface area contributed by atoms with E-state index in [2.05, 4.69) is 35.7 Å². The van der Waals surface area contributed by atoms with Crippen molar-refractivity contribution >= 4 is 0 Å². The van der Waals surface area contributed by atoms with Crippen LogP contribution < -0.4 is 11.3 Å². The van der Waals surface area contributed by atoms with Crippen molar-refractivity contribution in [3.05, 3.63) is 18.0 Å². The van der Waals surface area contributed by atoms with Gasteiger partial charge in [-0.05, 0) is 26.9 Å². The van der Waals surface area contributed by atoms with Gasteiger partial charge in [0.25, 0.3) is 0 Å². The van der Waals surface area contributed by atoms with Crippen LogP contribution in [0.25, 0.3) is 0 Å². The van der Waals surface area contributed by atoms with Crippen molar-refractivity contribution < 1.29 is 0 Å². The van der Waals surface area contributed by atoms with Gasteiger partial charge in [-0.3, -0.25) is 16.0 Å². The maximum Gasteiger partial charge on any atom is 0.0674 e. The van der Waals surface area contributed by atoms with Crippen LogP contribution in [-0.4, -0.2) is 34.3 Å². The van der Waals surface area contributed by atoms with Crippen LogP contribution in [0.15, 0.2) is 12.4 Å². The molecule has 18 heavy (non-hydrogen) atoms. The number of nitrogens with zero attached hydrogens (tertiary/aromatic N) is 3. The SMILES string of the molecule is CN(C)C1(C(NN)c2cnn(C)c2)CCCCC1. The summed E-state index contributed by atoms with van der Waals surface area (Å²) >= 11 is 0. The lowest BCUT2D eigenvalue weighted by Crippen LogP contribution is -2.56. The quantitative estimate of drug-likeness (QED) is 0.623. The third-order valence-electron chi connectivity index (χ3n) is 4.37. The van der Waals surface area contributed by atoms with E-state index in [0.29, 0.717) is 0 Å². The Kier molecular flexibility index (Phi) is 4.04. The molecular weight excluding hydrogens is 226 g/mol. The van der Waals surface area contributed by atoms with E-state index in [1.54, 1.807) is 0 Å². The van der Waals surface area contributed by atoms with Gasteiger partial charge < -0.3 is 4.90 Å². The predicted molar refractivity (Wildman–Crippen MR) is 72.8 cm³/mol. The number of hydrogen-bond acceptors (Lipinski definition) is 4. The Bertz CT molecular complexity index is 378. The van der Waals surface area contributed by atoms with Gasteiger partial charge in [0.2, 0.25) is 0 Å². The van der Waals surface area contributed by atoms with Gasteiger partial charge >= 0.3 is 0 Å². The molecule has 2 rings (SSSR count). The molecule has 0 spiro atoms. The minimum atomic E-state index is 0.107. The Balaban J connectivity index is 2.32. The van der Waals surface area contributed by atoms with Gasteiger partial charge in [-0.2, -0.15) is 5.10 Å². The van der Waals surface area contributed by atoms with E-state index in [1.807, 2.05) is 17.9 Å². The van der Waals surface area contributed by atoms with E-state index in [9.17, 15) is 0 Å². The second kappa shape index (κ2) is 5.38. The van der Waals surface area contributed by atoms with Crippen LogP contribution in [-0.2, 0) is 7.05 Å². The molecule has 5 nitrogen and oxygen atoms in total. The molecule has 0 amide bonds. The zero-order valence-corrected chi connectivity index (χ0v) is 11.7. The average Bonchev–Trinajstić information content (AvgIpc) is 2.77. The molecule has 0 aromatic carbocycles. The molecule has 0 aliphatic heterocycles. The standard InChI is InChI=1S/C13H25N5/c1-17(2)13(7-5-4-6-8-13)12(16-14)11-9-15-18(3)10-11/h9-10,12,16H,4-8,14H2,1-3H3. The monoisotopic (exact) mass is 251 g/mol. The molecule has 1 aromatic heterocycles. The Morgan fingerprint density at radius 3 is 2.50 bits per heavy atom. The lowest BCUT2D eigenvalue weighted by Gasteiger charge is -2.48. The van der Waals surface area contributed by atoms with Crippen LogP contribution in [0.3, 0.4) is 0 Å². The highest BCUT2D eigenvalue weighted by Gasteiger charge is 2.42. The number of likely N-dealkylation sites (N-methyl/N-ethyl adjacent to an activating group) is 1. The first-order chi connectivity index (χ1) is 8.60. The number of aromatic nitrogens is 2. The van der Waals surface area contributed by atoms with Crippen LogP contribution in [0.1, 0.15) is 43.7 Å². The summed E-state index contributed by atoms with van der Waals surface area (Å²) < 4.78 is 1.84. The fourth-order valence-corrected chi connectivity index (χ4v) is 3.31. The number of nitrogens with one attached hydrogen (secondary N) is 1. The summed E-state index contributed by atoms with van der Waals surface area (Å²) in [5.74, 6) is 5.85. The van der Waals surface area contributed by atoms with Crippen LogP contribution >= 0.6 is 0 Å². The van der Waals surface area contributed by atoms with Crippen LogP contribution in [0.5, 0.6) is 0 Å². The van der Waals surface area contributed by atoms with Gasteiger partial charge in [0.15, 0.2) is 0 Å². The lowest BCUT2D eigenvalue weighted by atomic mass is 9.74. The van der Waals surface area contributed by atoms with Gasteiger partial charge in [0, 0.05) is 24.3 Å². The summed E-state index contributed by atoms with van der Waals surface area (Å²) in [5, 5.41) is 4.27. The molecule has 1 aliphatic carbocycles. The smallest absolute Gasteiger partial charge is 0.0674 e. The summed E-state index contributed by atoms with van der Waals surface area (Å²) in [6.07, 6.45) is 10.2. The number of hydrazine groups is 1. The fraction of sp³-hybridized carbons (Fsp3) is 0.769. The zero-order chi connectivity index (χ0) is 13.2.